The standard InChI is InChI=1S/C2H6N2.2ClH.2H2O.Pt/c3-1-2-4;;;;;/h3-4H,1-2H2;2*1H;2*1H2;/q-2;;;;;+4/p-2. The number of halogens is 2. The molecule has 0 fully saturated rings. The second-order valence-electron chi connectivity index (χ2n) is 0.545. The summed E-state index contributed by atoms with van der Waals surface area (Å²) >= 11 is -0.472. The van der Waals surface area contributed by atoms with Crippen molar-refractivity contribution < 1.29 is 27.4 Å². The summed E-state index contributed by atoms with van der Waals surface area (Å²) < 4.78 is 0. The van der Waals surface area contributed by atoms with Crippen LogP contribution in [-0.4, -0.2) is 24.0 Å². The van der Waals surface area contributed by atoms with Gasteiger partial charge in [-0.1, -0.05) is 0 Å². The van der Waals surface area contributed by atoms with Crippen LogP contribution in [0.2, 0.25) is 0 Å². The average Bonchev–Trinajstić information content (AvgIpc) is 1.69. The molecule has 0 aliphatic rings. The third-order valence-electron chi connectivity index (χ3n) is 0.125. The number of nitrogens with one attached hydrogen (secondary N) is 2. The fraction of sp³-hybridized carbons (Fsp3) is 1.00. The van der Waals surface area contributed by atoms with Gasteiger partial charge in [-0.15, -0.1) is 0 Å². The van der Waals surface area contributed by atoms with E-state index in [4.69, 9.17) is 30.3 Å². The van der Waals surface area contributed by atoms with Crippen molar-refractivity contribution >= 4 is 18.8 Å². The summed E-state index contributed by atoms with van der Waals surface area (Å²) in [5.74, 6) is 0. The number of hydrogen-bond acceptors (Lipinski definition) is 0. The minimum Gasteiger partial charge on any atom is -0.679 e. The van der Waals surface area contributed by atoms with Gasteiger partial charge in [0.25, 0.3) is 0 Å². The van der Waals surface area contributed by atoms with Gasteiger partial charge in [-0.05, 0) is 0 Å². The first-order chi connectivity index (χ1) is 3.33. The minimum absolute atomic E-state index is 0. The average molecular weight is 360 g/mol. The first-order valence-corrected chi connectivity index (χ1v) is 7.08. The molecule has 0 aliphatic carbocycles. The van der Waals surface area contributed by atoms with Gasteiger partial charge in [0.2, 0.25) is 0 Å². The van der Waals surface area contributed by atoms with Crippen LogP contribution in [-0.2, 0) is 16.5 Å². The van der Waals surface area contributed by atoms with Crippen LogP contribution in [0.1, 0.15) is 0 Å². The maximum absolute atomic E-state index is 6.26. The topological polar surface area (TPSA) is 111 Å². The van der Waals surface area contributed by atoms with Gasteiger partial charge in [-0.25, -0.2) is 0 Å². The van der Waals surface area contributed by atoms with Crippen molar-refractivity contribution in [3.05, 3.63) is 11.5 Å². The van der Waals surface area contributed by atoms with Crippen LogP contribution < -0.4 is 0 Å². The van der Waals surface area contributed by atoms with E-state index in [9.17, 15) is 0 Å². The monoisotopic (exact) mass is 359 g/mol. The Hall–Kier alpha value is 1.11. The van der Waals surface area contributed by atoms with Gasteiger partial charge in [-0.3, -0.25) is 0 Å². The fourth-order valence-electron chi connectivity index (χ4n) is 0. The molecule has 0 rings (SSSR count). The molecule has 0 saturated carbocycles. The first kappa shape index (κ1) is 22.5. The zero-order valence-electron chi connectivity index (χ0n) is 4.49. The predicted octanol–water partition coefficient (Wildman–Crippen LogP) is 0.818. The Labute approximate surface area is 70.9 Å². The summed E-state index contributed by atoms with van der Waals surface area (Å²) in [6.07, 6.45) is 0. The molecule has 0 unspecified atom stereocenters. The summed E-state index contributed by atoms with van der Waals surface area (Å²) in [7, 11) is 9.75. The van der Waals surface area contributed by atoms with Gasteiger partial charge in [0.1, 0.15) is 0 Å². The summed E-state index contributed by atoms with van der Waals surface area (Å²) in [6, 6.07) is 0. The molecule has 0 atom stereocenters. The second kappa shape index (κ2) is 35.5. The molecule has 6 N–H and O–H groups in total. The maximum atomic E-state index is 6.26. The van der Waals surface area contributed by atoms with Gasteiger partial charge >= 0.3 is 35.3 Å². The SMILES string of the molecule is O.O.[Cl][Pt+2][Cl].[NH-]CC[NH-]. The van der Waals surface area contributed by atoms with E-state index in [-0.39, 0.29) is 24.0 Å². The van der Waals surface area contributed by atoms with Gasteiger partial charge in [-0.2, -0.15) is 13.1 Å². The van der Waals surface area contributed by atoms with E-state index in [0.29, 0.717) is 0 Å². The molecular formula is C2H10Cl2N2O2Pt. The van der Waals surface area contributed by atoms with E-state index in [1.54, 1.807) is 0 Å². The van der Waals surface area contributed by atoms with Crippen molar-refractivity contribution in [2.75, 3.05) is 13.1 Å². The molecule has 0 bridgehead atoms. The van der Waals surface area contributed by atoms with Crippen LogP contribution in [0.4, 0.5) is 0 Å². The number of rotatable bonds is 1. The van der Waals surface area contributed by atoms with Crippen LogP contribution in [0.5, 0.6) is 0 Å². The molecule has 0 saturated heterocycles. The minimum atomic E-state index is -0.472. The maximum Gasteiger partial charge on any atom is -0.171 e. The molecule has 0 aromatic carbocycles. The molecule has 0 aromatic rings. The van der Waals surface area contributed by atoms with Crippen LogP contribution >= 0.6 is 18.8 Å². The number of hydrogen-bond donors (Lipinski definition) is 0. The Morgan fingerprint density at radius 1 is 1.00 bits per heavy atom. The van der Waals surface area contributed by atoms with Gasteiger partial charge in [0.15, 0.2) is 0 Å². The molecule has 0 amide bonds. The van der Waals surface area contributed by atoms with Gasteiger partial charge in [0, 0.05) is 0 Å². The largest absolute Gasteiger partial charge is 0.679 e. The van der Waals surface area contributed by atoms with Crippen LogP contribution in [0, 0.1) is 0 Å². The first-order valence-electron chi connectivity index (χ1n) is 1.45. The predicted molar refractivity (Wildman–Crippen MR) is 37.3 cm³/mol. The third-order valence-corrected chi connectivity index (χ3v) is 0.125. The van der Waals surface area contributed by atoms with E-state index >= 15 is 0 Å². The zero-order valence-corrected chi connectivity index (χ0v) is 8.27. The fourth-order valence-corrected chi connectivity index (χ4v) is 0. The molecule has 0 radical (unpaired) electrons. The summed E-state index contributed by atoms with van der Waals surface area (Å²) in [5, 5.41) is 0. The van der Waals surface area contributed by atoms with E-state index < -0.39 is 16.5 Å². The van der Waals surface area contributed by atoms with Crippen molar-refractivity contribution in [1.82, 2.24) is 0 Å². The van der Waals surface area contributed by atoms with Crippen molar-refractivity contribution in [1.29, 1.82) is 0 Å². The Morgan fingerprint density at radius 3 is 1.11 bits per heavy atom. The van der Waals surface area contributed by atoms with E-state index in [2.05, 4.69) is 0 Å². The molecule has 0 spiro atoms. The summed E-state index contributed by atoms with van der Waals surface area (Å²) in [5.41, 5.74) is 12.5. The molecular weight excluding hydrogens is 350 g/mol. The van der Waals surface area contributed by atoms with Crippen molar-refractivity contribution in [3.8, 4) is 0 Å². The molecule has 0 aromatic heterocycles. The Kier molecular flexibility index (Phi) is 88.6. The molecule has 4 nitrogen and oxygen atoms in total. The molecule has 64 valence electrons. The Bertz CT molecular complexity index is 28.0. The van der Waals surface area contributed by atoms with Crippen molar-refractivity contribution in [2.24, 2.45) is 0 Å². The second-order valence-corrected chi connectivity index (χ2v) is 3.83. The third kappa shape index (κ3) is 104. The smallest absolute Gasteiger partial charge is 0.171 e. The van der Waals surface area contributed by atoms with Crippen LogP contribution in [0.3, 0.4) is 0 Å². The Balaban J connectivity index is -0.0000000233. The molecule has 0 aliphatic heterocycles. The molecule has 0 heterocycles. The summed E-state index contributed by atoms with van der Waals surface area (Å²) in [4.78, 5) is 0. The van der Waals surface area contributed by atoms with E-state index in [1.165, 1.54) is 0 Å². The van der Waals surface area contributed by atoms with Crippen molar-refractivity contribution in [3.63, 3.8) is 0 Å². The van der Waals surface area contributed by atoms with Crippen LogP contribution in [0.15, 0.2) is 0 Å². The quantitative estimate of drug-likeness (QED) is 0.660. The van der Waals surface area contributed by atoms with E-state index in [1.807, 2.05) is 0 Å². The van der Waals surface area contributed by atoms with Crippen molar-refractivity contribution in [2.45, 2.75) is 0 Å². The van der Waals surface area contributed by atoms with Gasteiger partial charge in [0.05, 0.1) is 0 Å². The van der Waals surface area contributed by atoms with Crippen LogP contribution in [0.25, 0.3) is 11.5 Å². The molecule has 7 heteroatoms. The molecule has 9 heavy (non-hydrogen) atoms. The zero-order chi connectivity index (χ0) is 6.12. The summed E-state index contributed by atoms with van der Waals surface area (Å²) in [6.45, 7) is 0.472. The van der Waals surface area contributed by atoms with Gasteiger partial charge < -0.3 is 22.4 Å². The van der Waals surface area contributed by atoms with E-state index in [0.717, 1.165) is 0 Å². The Morgan fingerprint density at radius 2 is 1.11 bits per heavy atom. The normalized spacial score (nSPS) is 5.78.